The van der Waals surface area contributed by atoms with Crippen molar-refractivity contribution < 1.29 is 0 Å². The molecular weight excluding hydrogens is 1750 g/mol. The molecule has 139 heavy (non-hydrogen) atoms. The van der Waals surface area contributed by atoms with E-state index in [9.17, 15) is 0 Å². The van der Waals surface area contributed by atoms with Crippen molar-refractivity contribution in [1.29, 1.82) is 0 Å². The van der Waals surface area contributed by atoms with Crippen molar-refractivity contribution in [2.45, 2.75) is 39.5 Å². The van der Waals surface area contributed by atoms with Crippen LogP contribution in [-0.4, -0.2) is 41.9 Å². The summed E-state index contributed by atoms with van der Waals surface area (Å²) in [7, 11) is 0. The maximum atomic E-state index is 2.51. The minimum atomic E-state index is 0.236. The quantitative estimate of drug-likeness (QED) is 0.103. The van der Waals surface area contributed by atoms with Crippen LogP contribution in [-0.2, 0) is 0 Å². The van der Waals surface area contributed by atoms with E-state index in [1.807, 2.05) is 0 Å². The van der Waals surface area contributed by atoms with Crippen molar-refractivity contribution in [3.63, 3.8) is 0 Å². The number of hydrogen-bond acceptors (Lipinski definition) is 0. The molecule has 7 aromatic heterocycles. The van der Waals surface area contributed by atoms with Crippen LogP contribution in [0.3, 0.4) is 0 Å². The Morgan fingerprint density at radius 1 is 0.158 bits per heavy atom. The molecule has 0 saturated heterocycles. The fraction of sp³-hybridized carbons (Fsp3) is 0.0455. The number of para-hydroxylation sites is 9. The Labute approximate surface area is 811 Å². The maximum absolute atomic E-state index is 2.51. The third kappa shape index (κ3) is 14.1. The molecule has 28 aromatic rings. The van der Waals surface area contributed by atoms with Gasteiger partial charge in [0, 0.05) is 65.8 Å². The van der Waals surface area contributed by atoms with Gasteiger partial charge in [-0.3, -0.25) is 0 Å². The monoisotopic (exact) mass is 1840 g/mol. The minimum absolute atomic E-state index is 0.236. The van der Waals surface area contributed by atoms with Crippen molar-refractivity contribution >= 4 is 165 Å². The average molecular weight is 1840 g/mol. The van der Waals surface area contributed by atoms with Crippen LogP contribution in [0.2, 0.25) is 0 Å². The standard InChI is InChI=1S/C48H32N2.C42H26N2Se.C42H36N2/c1-4-12-33(13-5-1)34-20-22-35(23-21-34)36-24-27-47-43(30-36)44-32-38(26-29-48(44)50(47)40-16-8-3-9-17-40)37-25-28-46-42(31-37)41-18-10-11-19-45(41)49(46)39-14-6-2-7-15-39;1-3-13-28(14-4-1)43-35-20-10-7-17-30(35)34-25-27(23-24-37(34)43)33-26-39-41(32-19-9-12-22-38(32)45-39)42-40(33)31-18-8-11-21-36(31)44(42)29-15-5-2-6-16-29;1-27(2)29-13-19-33(20-14-29)43-39-11-7-5-9-35(39)37-25-31(17-23-41(37)43)32-18-24-42-38(26-32)36-10-6-8-12-40(36)44(42)34-21-15-30(16-22-34)28(3)4/h1-32H;1-26H;5-28H,1-4H3. The van der Waals surface area contributed by atoms with E-state index in [0.29, 0.717) is 11.8 Å². The molecule has 0 saturated carbocycles. The second-order valence-electron chi connectivity index (χ2n) is 37.4. The normalized spacial score (nSPS) is 11.9. The third-order valence-corrected chi connectivity index (χ3v) is 31.1. The molecule has 658 valence electrons. The first-order valence-electron chi connectivity index (χ1n) is 48.3. The van der Waals surface area contributed by atoms with Gasteiger partial charge in [0.25, 0.3) is 0 Å². The number of hydrogen-bond donors (Lipinski definition) is 0. The molecule has 0 spiro atoms. The van der Waals surface area contributed by atoms with E-state index < -0.39 is 0 Å². The van der Waals surface area contributed by atoms with Gasteiger partial charge in [0.1, 0.15) is 0 Å². The van der Waals surface area contributed by atoms with Gasteiger partial charge in [-0.15, -0.1) is 0 Å². The van der Waals surface area contributed by atoms with Gasteiger partial charge in [0.15, 0.2) is 0 Å². The zero-order valence-corrected chi connectivity index (χ0v) is 79.1. The van der Waals surface area contributed by atoms with Crippen LogP contribution in [0, 0.1) is 0 Å². The van der Waals surface area contributed by atoms with Gasteiger partial charge in [0.05, 0.1) is 44.1 Å². The number of rotatable bonds is 13. The molecule has 7 heterocycles. The predicted octanol–water partition coefficient (Wildman–Crippen LogP) is 35.6. The average Bonchev–Trinajstić information content (AvgIpc) is 1.54. The first kappa shape index (κ1) is 82.6. The fourth-order valence-electron chi connectivity index (χ4n) is 22.0. The van der Waals surface area contributed by atoms with Crippen LogP contribution >= 0.6 is 0 Å². The van der Waals surface area contributed by atoms with Crippen LogP contribution < -0.4 is 0 Å². The summed E-state index contributed by atoms with van der Waals surface area (Å²) in [4.78, 5) is 0. The Kier molecular flexibility index (Phi) is 20.3. The third-order valence-electron chi connectivity index (χ3n) is 28.7. The fourth-order valence-corrected chi connectivity index (χ4v) is 24.5. The molecule has 0 bridgehead atoms. The zero-order valence-electron chi connectivity index (χ0n) is 77.4. The second kappa shape index (κ2) is 34.1. The summed E-state index contributed by atoms with van der Waals surface area (Å²) in [6, 6.07) is 178. The van der Waals surface area contributed by atoms with Crippen LogP contribution in [0.15, 0.2) is 485 Å². The Hall–Kier alpha value is -17.1. The van der Waals surface area contributed by atoms with Crippen molar-refractivity contribution in [1.82, 2.24) is 27.4 Å². The molecule has 0 unspecified atom stereocenters. The molecule has 0 atom stereocenters. The Morgan fingerprint density at radius 3 is 0.748 bits per heavy atom. The van der Waals surface area contributed by atoms with E-state index in [4.69, 9.17) is 0 Å². The number of benzene rings is 21. The molecular formula is C132H94N6Se. The van der Waals surface area contributed by atoms with Gasteiger partial charge in [0.2, 0.25) is 0 Å². The first-order chi connectivity index (χ1) is 68.6. The predicted molar refractivity (Wildman–Crippen MR) is 593 cm³/mol. The molecule has 28 rings (SSSR count). The van der Waals surface area contributed by atoms with Crippen LogP contribution in [0.4, 0.5) is 0 Å². The van der Waals surface area contributed by atoms with Gasteiger partial charge in [-0.1, -0.05) is 228 Å². The number of fused-ring (bicyclic) bond motifs is 22. The molecule has 7 heteroatoms. The van der Waals surface area contributed by atoms with E-state index in [1.165, 1.54) is 245 Å². The van der Waals surface area contributed by atoms with E-state index in [-0.39, 0.29) is 14.5 Å². The summed E-state index contributed by atoms with van der Waals surface area (Å²) in [6.45, 7) is 8.98. The molecule has 0 amide bonds. The molecule has 0 aliphatic carbocycles. The van der Waals surface area contributed by atoms with Crippen molar-refractivity contribution in [2.24, 2.45) is 0 Å². The van der Waals surface area contributed by atoms with Crippen molar-refractivity contribution in [2.75, 3.05) is 0 Å². The van der Waals surface area contributed by atoms with E-state index in [2.05, 4.69) is 540 Å². The number of aromatic nitrogens is 6. The molecule has 0 aliphatic heterocycles. The van der Waals surface area contributed by atoms with E-state index >= 15 is 0 Å². The van der Waals surface area contributed by atoms with E-state index in [0.717, 1.165) is 5.69 Å². The first-order valence-corrected chi connectivity index (χ1v) is 50.0. The molecule has 6 nitrogen and oxygen atoms in total. The molecule has 0 N–H and O–H groups in total. The summed E-state index contributed by atoms with van der Waals surface area (Å²) in [5.74, 6) is 1.03. The number of nitrogens with zero attached hydrogens (tertiary/aromatic N) is 6. The van der Waals surface area contributed by atoms with Gasteiger partial charge < -0.3 is 18.3 Å². The zero-order chi connectivity index (χ0) is 92.5. The Bertz CT molecular complexity index is 9480. The second-order valence-corrected chi connectivity index (χ2v) is 39.7. The van der Waals surface area contributed by atoms with Crippen molar-refractivity contribution in [3.05, 3.63) is 496 Å². The summed E-state index contributed by atoms with van der Waals surface area (Å²) in [5, 5.41) is 18.1. The van der Waals surface area contributed by atoms with Gasteiger partial charge in [-0.05, 0) is 195 Å². The molecule has 0 fully saturated rings. The van der Waals surface area contributed by atoms with Crippen molar-refractivity contribution in [3.8, 4) is 89.8 Å². The van der Waals surface area contributed by atoms with Gasteiger partial charge >= 0.3 is 267 Å². The molecule has 0 aliphatic rings. The van der Waals surface area contributed by atoms with Gasteiger partial charge in [-0.25, -0.2) is 0 Å². The summed E-state index contributed by atoms with van der Waals surface area (Å²) in [5.41, 5.74) is 37.0. The Morgan fingerprint density at radius 2 is 0.396 bits per heavy atom. The summed E-state index contributed by atoms with van der Waals surface area (Å²) in [6.07, 6.45) is 0. The van der Waals surface area contributed by atoms with Gasteiger partial charge in [-0.2, -0.15) is 0 Å². The summed E-state index contributed by atoms with van der Waals surface area (Å²) >= 11 is 0.236. The summed E-state index contributed by atoms with van der Waals surface area (Å²) < 4.78 is 17.4. The van der Waals surface area contributed by atoms with Crippen LogP contribution in [0.25, 0.3) is 240 Å². The topological polar surface area (TPSA) is 29.6 Å². The van der Waals surface area contributed by atoms with Crippen LogP contribution in [0.1, 0.15) is 50.7 Å². The molecule has 0 radical (unpaired) electrons. The Balaban J connectivity index is 0.000000108. The molecule has 21 aromatic carbocycles. The SMILES string of the molecule is CC(C)c1ccc(-n2c3ccccc3c3cc(-c4ccc5c(c4)c4ccccc4n5-c4ccc(C(C)C)cc4)ccc32)cc1.c1ccc(-c2ccc(-c3ccc4c(c3)c3cc(-c5ccc6c(c5)c5ccccc5n6-c5ccccc5)ccc3n4-c3ccccc3)cc2)cc1.c1ccc(-n2c3ccccc3c3cc(-c4cc5[se]c6ccccc6c5c5c4c4ccccc4n5-c4ccccc4)ccc32)cc1. The van der Waals surface area contributed by atoms with Crippen LogP contribution in [0.5, 0.6) is 0 Å². The van der Waals surface area contributed by atoms with E-state index in [1.54, 1.807) is 0 Å².